The van der Waals surface area contributed by atoms with E-state index in [4.69, 9.17) is 0 Å². The lowest BCUT2D eigenvalue weighted by Crippen LogP contribution is -2.07. The van der Waals surface area contributed by atoms with Gasteiger partial charge in [0.2, 0.25) is 0 Å². The van der Waals surface area contributed by atoms with Gasteiger partial charge >= 0.3 is 0 Å². The number of unbranched alkanes of at least 4 members (excludes halogenated alkanes) is 14. The van der Waals surface area contributed by atoms with Crippen molar-refractivity contribution in [1.82, 2.24) is 0 Å². The second kappa shape index (κ2) is 18.4. The predicted octanol–water partition coefficient (Wildman–Crippen LogP) is 10.9. The molecule has 0 N–H and O–H groups in total. The van der Waals surface area contributed by atoms with Gasteiger partial charge in [-0.25, -0.2) is 17.6 Å². The molecule has 0 saturated carbocycles. The monoisotopic (exact) mass is 458 g/mol. The summed E-state index contributed by atoms with van der Waals surface area (Å²) in [6.07, 6.45) is 13.2. The van der Waals surface area contributed by atoms with Gasteiger partial charge in [0, 0.05) is 11.1 Å². The SMILES string of the molecule is CCCCCCCCCCc1ccc(CCCCCCCCCC)c(C(F)F)c1C(F)F. The number of hydrogen-bond acceptors (Lipinski definition) is 0. The van der Waals surface area contributed by atoms with Gasteiger partial charge in [-0.05, 0) is 36.8 Å². The van der Waals surface area contributed by atoms with Crippen LogP contribution in [0.5, 0.6) is 0 Å². The van der Waals surface area contributed by atoms with Crippen LogP contribution < -0.4 is 0 Å². The Kier molecular flexibility index (Phi) is 16.6. The third-order valence-electron chi connectivity index (χ3n) is 6.50. The van der Waals surface area contributed by atoms with Crippen molar-refractivity contribution in [3.8, 4) is 0 Å². The Bertz CT molecular complexity index is 532. The molecule has 32 heavy (non-hydrogen) atoms. The number of rotatable bonds is 20. The van der Waals surface area contributed by atoms with Crippen LogP contribution in [0.25, 0.3) is 0 Å². The summed E-state index contributed by atoms with van der Waals surface area (Å²) in [6.45, 7) is 4.38. The summed E-state index contributed by atoms with van der Waals surface area (Å²) in [6, 6.07) is 3.38. The van der Waals surface area contributed by atoms with Gasteiger partial charge in [-0.3, -0.25) is 0 Å². The van der Waals surface area contributed by atoms with Gasteiger partial charge in [-0.2, -0.15) is 0 Å². The lowest BCUT2D eigenvalue weighted by atomic mass is 9.90. The van der Waals surface area contributed by atoms with Crippen LogP contribution in [0.15, 0.2) is 12.1 Å². The zero-order valence-corrected chi connectivity index (χ0v) is 20.5. The predicted molar refractivity (Wildman–Crippen MR) is 129 cm³/mol. The number of halogens is 4. The minimum absolute atomic E-state index is 0.389. The molecule has 186 valence electrons. The fraction of sp³-hybridized carbons (Fsp3) is 0.786. The first-order valence-electron chi connectivity index (χ1n) is 13.2. The Hall–Kier alpha value is -1.06. The number of aryl methyl sites for hydroxylation is 2. The van der Waals surface area contributed by atoms with Crippen molar-refractivity contribution < 1.29 is 17.6 Å². The van der Waals surface area contributed by atoms with Crippen molar-refractivity contribution in [2.75, 3.05) is 0 Å². The van der Waals surface area contributed by atoms with E-state index in [-0.39, 0.29) is 11.1 Å². The van der Waals surface area contributed by atoms with E-state index in [0.29, 0.717) is 24.0 Å². The lowest BCUT2D eigenvalue weighted by molar-refractivity contribution is 0.122. The maximum atomic E-state index is 13.8. The molecular weight excluding hydrogens is 412 g/mol. The summed E-state index contributed by atoms with van der Waals surface area (Å²) in [5.41, 5.74) is 0.0573. The Morgan fingerprint density at radius 2 is 0.750 bits per heavy atom. The smallest absolute Gasteiger partial charge is 0.205 e. The van der Waals surface area contributed by atoms with Gasteiger partial charge in [0.25, 0.3) is 12.9 Å². The van der Waals surface area contributed by atoms with Gasteiger partial charge in [-0.15, -0.1) is 0 Å². The van der Waals surface area contributed by atoms with Crippen LogP contribution >= 0.6 is 0 Å². The molecule has 0 aromatic heterocycles. The summed E-state index contributed by atoms with van der Waals surface area (Å²) in [5.74, 6) is 0. The van der Waals surface area contributed by atoms with Gasteiger partial charge < -0.3 is 0 Å². The minimum Gasteiger partial charge on any atom is -0.205 e. The maximum Gasteiger partial charge on any atom is 0.264 e. The standard InChI is InChI=1S/C28H46F4/c1-3-5-7-9-11-13-15-17-19-23-21-22-24(26(28(31)32)25(23)27(29)30)20-18-16-14-12-10-8-6-4-2/h21-22,27-28H,3-20H2,1-2H3. The lowest BCUT2D eigenvalue weighted by Gasteiger charge is -2.18. The third-order valence-corrected chi connectivity index (χ3v) is 6.50. The molecule has 0 bridgehead atoms. The molecule has 0 nitrogen and oxygen atoms in total. The first-order valence-corrected chi connectivity index (χ1v) is 13.2. The molecule has 0 aliphatic rings. The van der Waals surface area contributed by atoms with Crippen molar-refractivity contribution in [2.24, 2.45) is 0 Å². The van der Waals surface area contributed by atoms with Gasteiger partial charge in [-0.1, -0.05) is 116 Å². The molecule has 0 radical (unpaired) electrons. The molecule has 0 aliphatic carbocycles. The number of benzene rings is 1. The second-order valence-electron chi connectivity index (χ2n) is 9.26. The topological polar surface area (TPSA) is 0 Å². The van der Waals surface area contributed by atoms with E-state index in [1.54, 1.807) is 12.1 Å². The molecule has 1 rings (SSSR count). The molecule has 4 heteroatoms. The van der Waals surface area contributed by atoms with Crippen LogP contribution in [0.1, 0.15) is 152 Å². The van der Waals surface area contributed by atoms with Crippen LogP contribution in [0, 0.1) is 0 Å². The summed E-state index contributed by atoms with van der Waals surface area (Å²) in [7, 11) is 0. The minimum atomic E-state index is -2.85. The van der Waals surface area contributed by atoms with Crippen LogP contribution in [0.3, 0.4) is 0 Å². The molecule has 0 fully saturated rings. The Balaban J connectivity index is 2.59. The fourth-order valence-electron chi connectivity index (χ4n) is 4.58. The van der Waals surface area contributed by atoms with Crippen molar-refractivity contribution in [3.63, 3.8) is 0 Å². The maximum absolute atomic E-state index is 13.8. The fourth-order valence-corrected chi connectivity index (χ4v) is 4.58. The highest BCUT2D eigenvalue weighted by Gasteiger charge is 2.26. The van der Waals surface area contributed by atoms with E-state index in [1.165, 1.54) is 64.2 Å². The molecule has 1 aromatic rings. The average Bonchev–Trinajstić information content (AvgIpc) is 2.77. The molecule has 1 aromatic carbocycles. The van der Waals surface area contributed by atoms with Crippen LogP contribution in [-0.4, -0.2) is 0 Å². The number of alkyl halides is 4. The largest absolute Gasteiger partial charge is 0.264 e. The van der Waals surface area contributed by atoms with Crippen molar-refractivity contribution in [3.05, 3.63) is 34.4 Å². The Morgan fingerprint density at radius 3 is 1.03 bits per heavy atom. The first-order chi connectivity index (χ1) is 15.5. The molecule has 0 saturated heterocycles. The van der Waals surface area contributed by atoms with E-state index in [0.717, 1.165) is 38.5 Å². The summed E-state index contributed by atoms with van der Waals surface area (Å²) >= 11 is 0. The molecule has 0 spiro atoms. The zero-order chi connectivity index (χ0) is 23.6. The quantitative estimate of drug-likeness (QED) is 0.135. The van der Waals surface area contributed by atoms with Crippen LogP contribution in [0.2, 0.25) is 0 Å². The zero-order valence-electron chi connectivity index (χ0n) is 20.5. The van der Waals surface area contributed by atoms with Crippen LogP contribution in [-0.2, 0) is 12.8 Å². The van der Waals surface area contributed by atoms with E-state index in [1.807, 2.05) is 0 Å². The van der Waals surface area contributed by atoms with E-state index >= 15 is 0 Å². The van der Waals surface area contributed by atoms with Crippen molar-refractivity contribution in [2.45, 2.75) is 142 Å². The van der Waals surface area contributed by atoms with Gasteiger partial charge in [0.15, 0.2) is 0 Å². The van der Waals surface area contributed by atoms with Gasteiger partial charge in [0.05, 0.1) is 0 Å². The average molecular weight is 459 g/mol. The van der Waals surface area contributed by atoms with E-state index in [2.05, 4.69) is 13.8 Å². The second-order valence-corrected chi connectivity index (χ2v) is 9.26. The van der Waals surface area contributed by atoms with E-state index in [9.17, 15) is 17.6 Å². The summed E-state index contributed by atoms with van der Waals surface area (Å²) in [4.78, 5) is 0. The molecule has 0 atom stereocenters. The van der Waals surface area contributed by atoms with Crippen molar-refractivity contribution in [1.29, 1.82) is 0 Å². The Morgan fingerprint density at radius 1 is 0.469 bits per heavy atom. The van der Waals surface area contributed by atoms with Crippen LogP contribution in [0.4, 0.5) is 17.6 Å². The van der Waals surface area contributed by atoms with Gasteiger partial charge in [0.1, 0.15) is 0 Å². The molecule has 0 heterocycles. The highest BCUT2D eigenvalue weighted by molar-refractivity contribution is 5.43. The number of hydrogen-bond donors (Lipinski definition) is 0. The van der Waals surface area contributed by atoms with Crippen molar-refractivity contribution >= 4 is 0 Å². The summed E-state index contributed by atoms with van der Waals surface area (Å²) < 4.78 is 55.3. The highest BCUT2D eigenvalue weighted by atomic mass is 19.3. The molecule has 0 aliphatic heterocycles. The normalized spacial score (nSPS) is 11.8. The molecule has 0 unspecified atom stereocenters. The third kappa shape index (κ3) is 11.7. The molecular formula is C28H46F4. The Labute approximate surface area is 194 Å². The highest BCUT2D eigenvalue weighted by Crippen LogP contribution is 2.37. The molecule has 0 amide bonds. The first kappa shape index (κ1) is 29.0. The van der Waals surface area contributed by atoms with E-state index < -0.39 is 12.9 Å². The summed E-state index contributed by atoms with van der Waals surface area (Å²) in [5, 5.41) is 0.